The Morgan fingerprint density at radius 3 is 3.00 bits per heavy atom. The lowest BCUT2D eigenvalue weighted by Crippen LogP contribution is -2.25. The van der Waals surface area contributed by atoms with E-state index in [0.29, 0.717) is 17.8 Å². The number of nitrogen functional groups attached to an aromatic ring is 1. The van der Waals surface area contributed by atoms with Crippen molar-refractivity contribution < 1.29 is 4.79 Å². The molecule has 2 rings (SSSR count). The molecule has 0 aliphatic rings. The topological polar surface area (TPSA) is 96.7 Å². The van der Waals surface area contributed by atoms with Gasteiger partial charge in [-0.05, 0) is 31.4 Å². The van der Waals surface area contributed by atoms with Gasteiger partial charge in [0.2, 0.25) is 0 Å². The lowest BCUT2D eigenvalue weighted by Gasteiger charge is -2.06. The first-order valence-electron chi connectivity index (χ1n) is 6.15. The van der Waals surface area contributed by atoms with Crippen LogP contribution in [0, 0.1) is 6.92 Å². The highest BCUT2D eigenvalue weighted by atomic mass is 16.1. The van der Waals surface area contributed by atoms with Gasteiger partial charge in [-0.1, -0.05) is 0 Å². The van der Waals surface area contributed by atoms with Crippen LogP contribution < -0.4 is 11.1 Å². The Hall–Kier alpha value is -2.37. The van der Waals surface area contributed by atoms with Crippen molar-refractivity contribution >= 4 is 11.6 Å². The van der Waals surface area contributed by atoms with Gasteiger partial charge in [-0.25, -0.2) is 0 Å². The molecular formula is C13H17N5O. The van der Waals surface area contributed by atoms with Crippen LogP contribution in [0.15, 0.2) is 24.7 Å². The number of rotatable bonds is 5. The van der Waals surface area contributed by atoms with Crippen LogP contribution in [0.25, 0.3) is 0 Å². The highest BCUT2D eigenvalue weighted by Crippen LogP contribution is 2.08. The van der Waals surface area contributed by atoms with Crippen molar-refractivity contribution in [3.63, 3.8) is 0 Å². The fourth-order valence-electron chi connectivity index (χ4n) is 1.82. The summed E-state index contributed by atoms with van der Waals surface area (Å²) in [5.41, 5.74) is 8.80. The number of aromatic nitrogens is 3. The van der Waals surface area contributed by atoms with Gasteiger partial charge in [0, 0.05) is 18.4 Å². The van der Waals surface area contributed by atoms with Crippen LogP contribution in [-0.2, 0) is 6.42 Å². The summed E-state index contributed by atoms with van der Waals surface area (Å²) < 4.78 is 0. The summed E-state index contributed by atoms with van der Waals surface area (Å²) >= 11 is 0. The van der Waals surface area contributed by atoms with Crippen LogP contribution in [-0.4, -0.2) is 27.6 Å². The van der Waals surface area contributed by atoms with E-state index in [1.165, 1.54) is 11.8 Å². The normalized spacial score (nSPS) is 10.4. The third-order valence-electron chi connectivity index (χ3n) is 2.94. The van der Waals surface area contributed by atoms with Crippen LogP contribution in [0.4, 0.5) is 5.69 Å². The number of nitrogens with zero attached hydrogens (tertiary/aromatic N) is 2. The second-order valence-corrected chi connectivity index (χ2v) is 4.34. The van der Waals surface area contributed by atoms with Crippen LogP contribution >= 0.6 is 0 Å². The Bertz CT molecular complexity index is 564. The van der Waals surface area contributed by atoms with E-state index in [-0.39, 0.29) is 5.91 Å². The Balaban J connectivity index is 1.79. The first-order chi connectivity index (χ1) is 9.18. The SMILES string of the molecule is Cc1[nH]ncc1CCCNC(=O)c1ccncc1N. The van der Waals surface area contributed by atoms with Crippen molar-refractivity contribution in [1.82, 2.24) is 20.5 Å². The number of carbonyl (C=O) groups excluding carboxylic acids is 1. The largest absolute Gasteiger partial charge is 0.397 e. The molecule has 19 heavy (non-hydrogen) atoms. The summed E-state index contributed by atoms with van der Waals surface area (Å²) in [6, 6.07) is 1.62. The van der Waals surface area contributed by atoms with Gasteiger partial charge in [-0.2, -0.15) is 5.10 Å². The molecule has 0 unspecified atom stereocenters. The van der Waals surface area contributed by atoms with E-state index in [1.54, 1.807) is 12.3 Å². The van der Waals surface area contributed by atoms with E-state index >= 15 is 0 Å². The van der Waals surface area contributed by atoms with Crippen molar-refractivity contribution in [3.8, 4) is 0 Å². The molecule has 4 N–H and O–H groups in total. The minimum absolute atomic E-state index is 0.163. The Labute approximate surface area is 111 Å². The zero-order valence-electron chi connectivity index (χ0n) is 10.8. The van der Waals surface area contributed by atoms with Crippen LogP contribution in [0.3, 0.4) is 0 Å². The molecule has 100 valence electrons. The van der Waals surface area contributed by atoms with Crippen LogP contribution in [0.2, 0.25) is 0 Å². The Morgan fingerprint density at radius 2 is 2.32 bits per heavy atom. The number of anilines is 1. The summed E-state index contributed by atoms with van der Waals surface area (Å²) in [6.45, 7) is 2.59. The minimum Gasteiger partial charge on any atom is -0.397 e. The van der Waals surface area contributed by atoms with E-state index in [0.717, 1.165) is 18.5 Å². The number of aromatic amines is 1. The van der Waals surface area contributed by atoms with Gasteiger partial charge in [0.05, 0.1) is 23.6 Å². The van der Waals surface area contributed by atoms with Crippen LogP contribution in [0.1, 0.15) is 28.0 Å². The van der Waals surface area contributed by atoms with Gasteiger partial charge in [0.25, 0.3) is 5.91 Å². The molecule has 0 aromatic carbocycles. The molecule has 2 heterocycles. The third kappa shape index (κ3) is 3.31. The first kappa shape index (κ1) is 13.1. The third-order valence-corrected chi connectivity index (χ3v) is 2.94. The fourth-order valence-corrected chi connectivity index (χ4v) is 1.82. The summed E-state index contributed by atoms with van der Waals surface area (Å²) in [6.07, 6.45) is 6.59. The van der Waals surface area contributed by atoms with E-state index in [9.17, 15) is 4.79 Å². The summed E-state index contributed by atoms with van der Waals surface area (Å²) in [5.74, 6) is -0.163. The van der Waals surface area contributed by atoms with Gasteiger partial charge in [-0.3, -0.25) is 14.9 Å². The summed E-state index contributed by atoms with van der Waals surface area (Å²) in [4.78, 5) is 15.7. The number of nitrogens with two attached hydrogens (primary N) is 1. The molecule has 0 aliphatic carbocycles. The van der Waals surface area contributed by atoms with Gasteiger partial charge in [-0.15, -0.1) is 0 Å². The molecule has 0 radical (unpaired) electrons. The average molecular weight is 259 g/mol. The Morgan fingerprint density at radius 1 is 1.47 bits per heavy atom. The number of hydrogen-bond acceptors (Lipinski definition) is 4. The quantitative estimate of drug-likeness (QED) is 0.699. The first-order valence-corrected chi connectivity index (χ1v) is 6.15. The van der Waals surface area contributed by atoms with E-state index in [1.807, 2.05) is 13.1 Å². The number of hydrogen-bond donors (Lipinski definition) is 3. The molecule has 0 aliphatic heterocycles. The van der Waals surface area contributed by atoms with Crippen molar-refractivity contribution in [3.05, 3.63) is 41.5 Å². The zero-order valence-corrected chi connectivity index (χ0v) is 10.8. The standard InChI is InChI=1S/C13H17N5O/c1-9-10(7-17-18-9)3-2-5-16-13(19)11-4-6-15-8-12(11)14/h4,6-8H,2-3,5,14H2,1H3,(H,16,19)(H,17,18). The predicted octanol–water partition coefficient (Wildman–Crippen LogP) is 1.06. The smallest absolute Gasteiger partial charge is 0.253 e. The molecule has 0 spiro atoms. The zero-order chi connectivity index (χ0) is 13.7. The molecule has 2 aromatic heterocycles. The van der Waals surface area contributed by atoms with Gasteiger partial charge < -0.3 is 11.1 Å². The molecule has 1 amide bonds. The molecule has 0 bridgehead atoms. The van der Waals surface area contributed by atoms with Crippen LogP contribution in [0.5, 0.6) is 0 Å². The number of H-pyrrole nitrogens is 1. The molecule has 6 nitrogen and oxygen atoms in total. The lowest BCUT2D eigenvalue weighted by molar-refractivity contribution is 0.0954. The second kappa shape index (κ2) is 5.99. The van der Waals surface area contributed by atoms with E-state index in [2.05, 4.69) is 20.5 Å². The molecule has 2 aromatic rings. The number of aryl methyl sites for hydroxylation is 2. The number of nitrogens with one attached hydrogen (secondary N) is 2. The summed E-state index contributed by atoms with van der Waals surface area (Å²) in [7, 11) is 0. The minimum atomic E-state index is -0.163. The molecule has 0 saturated heterocycles. The van der Waals surface area contributed by atoms with E-state index in [4.69, 9.17) is 5.73 Å². The molecular weight excluding hydrogens is 242 g/mol. The van der Waals surface area contributed by atoms with Gasteiger partial charge in [0.1, 0.15) is 0 Å². The number of pyridine rings is 1. The number of amides is 1. The second-order valence-electron chi connectivity index (χ2n) is 4.34. The highest BCUT2D eigenvalue weighted by molar-refractivity contribution is 5.98. The van der Waals surface area contributed by atoms with Gasteiger partial charge in [0.15, 0.2) is 0 Å². The number of carbonyl (C=O) groups is 1. The molecule has 0 saturated carbocycles. The maximum atomic E-state index is 11.9. The highest BCUT2D eigenvalue weighted by Gasteiger charge is 2.08. The maximum absolute atomic E-state index is 11.9. The van der Waals surface area contributed by atoms with Crippen molar-refractivity contribution in [2.75, 3.05) is 12.3 Å². The Kier molecular flexibility index (Phi) is 4.12. The lowest BCUT2D eigenvalue weighted by atomic mass is 10.1. The molecule has 0 fully saturated rings. The fraction of sp³-hybridized carbons (Fsp3) is 0.308. The molecule has 6 heteroatoms. The predicted molar refractivity (Wildman–Crippen MR) is 72.6 cm³/mol. The van der Waals surface area contributed by atoms with Gasteiger partial charge >= 0.3 is 0 Å². The van der Waals surface area contributed by atoms with E-state index < -0.39 is 0 Å². The summed E-state index contributed by atoms with van der Waals surface area (Å²) in [5, 5.41) is 9.69. The van der Waals surface area contributed by atoms with Crippen molar-refractivity contribution in [1.29, 1.82) is 0 Å². The van der Waals surface area contributed by atoms with Crippen molar-refractivity contribution in [2.45, 2.75) is 19.8 Å². The van der Waals surface area contributed by atoms with Crippen molar-refractivity contribution in [2.24, 2.45) is 0 Å². The average Bonchev–Trinajstić information content (AvgIpc) is 2.80. The maximum Gasteiger partial charge on any atom is 0.253 e. The monoisotopic (exact) mass is 259 g/mol. The molecule has 0 atom stereocenters.